The van der Waals surface area contributed by atoms with Gasteiger partial charge in [0.2, 0.25) is 0 Å². The van der Waals surface area contributed by atoms with Gasteiger partial charge in [-0.25, -0.2) is 4.98 Å². The van der Waals surface area contributed by atoms with E-state index in [2.05, 4.69) is 4.98 Å². The summed E-state index contributed by atoms with van der Waals surface area (Å²) >= 11 is 0. The molecule has 0 aliphatic heterocycles. The molecule has 0 saturated heterocycles. The lowest BCUT2D eigenvalue weighted by atomic mass is 9.93. The van der Waals surface area contributed by atoms with Crippen molar-refractivity contribution in [2.24, 2.45) is 5.73 Å². The van der Waals surface area contributed by atoms with E-state index < -0.39 is 5.60 Å². The molecule has 4 nitrogen and oxygen atoms in total. The normalized spacial score (nSPS) is 14.0. The number of ether oxygens (including phenoxy) is 1. The zero-order valence-corrected chi connectivity index (χ0v) is 8.82. The number of nitrogens with two attached hydrogens (primary N) is 2. The standard InChI is InChI=1S/C10H17N3O/c1-10(2,14-3)8(11)7-5-4-6-13-9(7)12/h4-6,8H,11H2,1-3H3,(H2,12,13). The Balaban J connectivity index is 3.00. The van der Waals surface area contributed by atoms with E-state index in [1.807, 2.05) is 26.0 Å². The highest BCUT2D eigenvalue weighted by Crippen LogP contribution is 2.28. The lowest BCUT2D eigenvalue weighted by molar-refractivity contribution is 0.0000766. The zero-order chi connectivity index (χ0) is 10.8. The molecule has 78 valence electrons. The van der Waals surface area contributed by atoms with Crippen molar-refractivity contribution >= 4 is 5.82 Å². The third-order valence-corrected chi connectivity index (χ3v) is 2.48. The largest absolute Gasteiger partial charge is 0.383 e. The van der Waals surface area contributed by atoms with Gasteiger partial charge in [0.05, 0.1) is 11.6 Å². The van der Waals surface area contributed by atoms with Crippen LogP contribution in [0.15, 0.2) is 18.3 Å². The molecule has 0 aliphatic rings. The van der Waals surface area contributed by atoms with E-state index in [0.29, 0.717) is 5.82 Å². The second-order valence-electron chi connectivity index (χ2n) is 3.76. The first-order valence-corrected chi connectivity index (χ1v) is 4.50. The molecule has 0 amide bonds. The fourth-order valence-corrected chi connectivity index (χ4v) is 1.19. The summed E-state index contributed by atoms with van der Waals surface area (Å²) in [4.78, 5) is 3.99. The van der Waals surface area contributed by atoms with Crippen LogP contribution in [0, 0.1) is 0 Å². The second-order valence-corrected chi connectivity index (χ2v) is 3.76. The SMILES string of the molecule is COC(C)(C)C(N)c1cccnc1N. The van der Waals surface area contributed by atoms with Crippen molar-refractivity contribution in [3.8, 4) is 0 Å². The summed E-state index contributed by atoms with van der Waals surface area (Å²) in [6, 6.07) is 3.41. The molecule has 0 aliphatic carbocycles. The summed E-state index contributed by atoms with van der Waals surface area (Å²) in [5, 5.41) is 0. The molecule has 0 fully saturated rings. The quantitative estimate of drug-likeness (QED) is 0.757. The van der Waals surface area contributed by atoms with Gasteiger partial charge in [0.25, 0.3) is 0 Å². The Bertz CT molecular complexity index is 312. The van der Waals surface area contributed by atoms with E-state index in [9.17, 15) is 0 Å². The number of anilines is 1. The first-order valence-electron chi connectivity index (χ1n) is 4.50. The summed E-state index contributed by atoms with van der Waals surface area (Å²) in [6.07, 6.45) is 1.64. The maximum Gasteiger partial charge on any atom is 0.128 e. The molecule has 0 spiro atoms. The molecule has 1 atom stereocenters. The molecule has 0 bridgehead atoms. The Morgan fingerprint density at radius 3 is 2.64 bits per heavy atom. The Labute approximate surface area is 84.3 Å². The van der Waals surface area contributed by atoms with Gasteiger partial charge in [-0.05, 0) is 19.9 Å². The lowest BCUT2D eigenvalue weighted by Crippen LogP contribution is -2.37. The van der Waals surface area contributed by atoms with Crippen LogP contribution in [0.5, 0.6) is 0 Å². The Hall–Kier alpha value is -1.13. The van der Waals surface area contributed by atoms with Gasteiger partial charge < -0.3 is 16.2 Å². The van der Waals surface area contributed by atoms with Crippen LogP contribution in [0.3, 0.4) is 0 Å². The highest BCUT2D eigenvalue weighted by molar-refractivity contribution is 5.41. The molecule has 4 N–H and O–H groups in total. The van der Waals surface area contributed by atoms with Crippen molar-refractivity contribution in [1.82, 2.24) is 4.98 Å². The first-order chi connectivity index (χ1) is 6.49. The highest BCUT2D eigenvalue weighted by Gasteiger charge is 2.28. The van der Waals surface area contributed by atoms with Crippen molar-refractivity contribution < 1.29 is 4.74 Å². The number of aromatic nitrogens is 1. The minimum Gasteiger partial charge on any atom is -0.383 e. The third kappa shape index (κ3) is 2.02. The number of nitrogen functional groups attached to an aromatic ring is 1. The van der Waals surface area contributed by atoms with Gasteiger partial charge in [0, 0.05) is 18.9 Å². The minimum absolute atomic E-state index is 0.277. The summed E-state index contributed by atoms with van der Waals surface area (Å²) in [6.45, 7) is 3.84. The van der Waals surface area contributed by atoms with Crippen LogP contribution in [0.4, 0.5) is 5.82 Å². The number of rotatable bonds is 3. The minimum atomic E-state index is -0.447. The molecule has 1 heterocycles. The lowest BCUT2D eigenvalue weighted by Gasteiger charge is -2.30. The number of hydrogen-bond donors (Lipinski definition) is 2. The molecule has 1 aromatic rings. The molecule has 0 saturated carbocycles. The van der Waals surface area contributed by atoms with Gasteiger partial charge in [-0.15, -0.1) is 0 Å². The van der Waals surface area contributed by atoms with Crippen molar-refractivity contribution in [2.45, 2.75) is 25.5 Å². The molecule has 4 heteroatoms. The van der Waals surface area contributed by atoms with Crippen molar-refractivity contribution in [3.63, 3.8) is 0 Å². The molecule has 1 unspecified atom stereocenters. The van der Waals surface area contributed by atoms with Crippen LogP contribution in [0.2, 0.25) is 0 Å². The molecule has 0 radical (unpaired) electrons. The predicted molar refractivity (Wildman–Crippen MR) is 56.7 cm³/mol. The highest BCUT2D eigenvalue weighted by atomic mass is 16.5. The van der Waals surface area contributed by atoms with E-state index in [4.69, 9.17) is 16.2 Å². The molecule has 1 rings (SSSR count). The maximum atomic E-state index is 6.04. The van der Waals surface area contributed by atoms with Crippen LogP contribution in [-0.4, -0.2) is 17.7 Å². The van der Waals surface area contributed by atoms with Crippen molar-refractivity contribution in [2.75, 3.05) is 12.8 Å². The molecular weight excluding hydrogens is 178 g/mol. The average Bonchev–Trinajstić information content (AvgIpc) is 2.17. The number of pyridine rings is 1. The summed E-state index contributed by atoms with van der Waals surface area (Å²) in [5.74, 6) is 0.463. The van der Waals surface area contributed by atoms with E-state index in [-0.39, 0.29) is 6.04 Å². The third-order valence-electron chi connectivity index (χ3n) is 2.48. The van der Waals surface area contributed by atoms with Gasteiger partial charge in [0.15, 0.2) is 0 Å². The topological polar surface area (TPSA) is 74.2 Å². The summed E-state index contributed by atoms with van der Waals surface area (Å²) in [7, 11) is 1.63. The van der Waals surface area contributed by atoms with Crippen LogP contribution >= 0.6 is 0 Å². The zero-order valence-electron chi connectivity index (χ0n) is 8.82. The van der Waals surface area contributed by atoms with Crippen LogP contribution in [0.1, 0.15) is 25.5 Å². The second kappa shape index (κ2) is 3.94. The van der Waals surface area contributed by atoms with E-state index in [0.717, 1.165) is 5.56 Å². The fourth-order valence-electron chi connectivity index (χ4n) is 1.19. The number of methoxy groups -OCH3 is 1. The fraction of sp³-hybridized carbons (Fsp3) is 0.500. The molecule has 0 aromatic carbocycles. The van der Waals surface area contributed by atoms with Gasteiger partial charge in [-0.1, -0.05) is 6.07 Å². The number of hydrogen-bond acceptors (Lipinski definition) is 4. The van der Waals surface area contributed by atoms with Gasteiger partial charge in [0.1, 0.15) is 5.82 Å². The van der Waals surface area contributed by atoms with Crippen molar-refractivity contribution in [1.29, 1.82) is 0 Å². The summed E-state index contributed by atoms with van der Waals surface area (Å²) in [5.41, 5.74) is 12.1. The van der Waals surface area contributed by atoms with Crippen LogP contribution < -0.4 is 11.5 Å². The van der Waals surface area contributed by atoms with E-state index in [1.54, 1.807) is 13.3 Å². The molecular formula is C10H17N3O. The van der Waals surface area contributed by atoms with Crippen molar-refractivity contribution in [3.05, 3.63) is 23.9 Å². The van der Waals surface area contributed by atoms with E-state index in [1.165, 1.54) is 0 Å². The summed E-state index contributed by atoms with van der Waals surface area (Å²) < 4.78 is 5.30. The predicted octanol–water partition coefficient (Wildman–Crippen LogP) is 1.09. The smallest absolute Gasteiger partial charge is 0.128 e. The Kier molecular flexibility index (Phi) is 3.08. The Morgan fingerprint density at radius 1 is 1.50 bits per heavy atom. The van der Waals surface area contributed by atoms with Gasteiger partial charge in [-0.3, -0.25) is 0 Å². The van der Waals surface area contributed by atoms with Crippen LogP contribution in [-0.2, 0) is 4.74 Å². The molecule has 14 heavy (non-hydrogen) atoms. The first kappa shape index (κ1) is 10.9. The van der Waals surface area contributed by atoms with E-state index >= 15 is 0 Å². The molecule has 1 aromatic heterocycles. The monoisotopic (exact) mass is 195 g/mol. The van der Waals surface area contributed by atoms with Gasteiger partial charge >= 0.3 is 0 Å². The Morgan fingerprint density at radius 2 is 2.14 bits per heavy atom. The average molecular weight is 195 g/mol. The van der Waals surface area contributed by atoms with Gasteiger partial charge in [-0.2, -0.15) is 0 Å². The maximum absolute atomic E-state index is 6.04. The van der Waals surface area contributed by atoms with Crippen LogP contribution in [0.25, 0.3) is 0 Å². The number of nitrogens with zero attached hydrogens (tertiary/aromatic N) is 1.